The highest BCUT2D eigenvalue weighted by molar-refractivity contribution is 7.86. The number of hydrogen-bond acceptors (Lipinski definition) is 11. The number of methoxy groups -OCH3 is 2. The fourth-order valence-corrected chi connectivity index (χ4v) is 10.5. The van der Waals surface area contributed by atoms with Crippen LogP contribution in [0.15, 0.2) is 196 Å². The van der Waals surface area contributed by atoms with Gasteiger partial charge in [0.1, 0.15) is 39.9 Å². The van der Waals surface area contributed by atoms with Gasteiger partial charge >= 0.3 is 5.89 Å². The molecule has 10 aromatic rings. The first-order chi connectivity index (χ1) is 39.3. The highest BCUT2D eigenvalue weighted by atomic mass is 35.5. The molecule has 18 heteroatoms. The third-order valence-electron chi connectivity index (χ3n) is 13.0. The lowest BCUT2D eigenvalue weighted by Gasteiger charge is -2.14. The Hall–Kier alpha value is -7.64. The summed E-state index contributed by atoms with van der Waals surface area (Å²) in [6.45, 7) is 13.9. The zero-order chi connectivity index (χ0) is 59.0. The predicted octanol–water partition coefficient (Wildman–Crippen LogP) is 13.7. The Balaban J connectivity index is 0.000000169. The molecule has 82 heavy (non-hydrogen) atoms. The predicted molar refractivity (Wildman–Crippen MR) is 327 cm³/mol. The van der Waals surface area contributed by atoms with Crippen LogP contribution in [0.2, 0.25) is 10.0 Å². The number of imidazole rings is 1. The first-order valence-corrected chi connectivity index (χ1v) is 29.7. The molecule has 426 valence electrons. The number of anilines is 2. The average Bonchev–Trinajstić information content (AvgIpc) is 4.01. The fourth-order valence-electron chi connectivity index (χ4n) is 8.77. The number of nitrogens with zero attached hydrogens (tertiary/aromatic N) is 3. The van der Waals surface area contributed by atoms with Crippen molar-refractivity contribution in [2.24, 2.45) is 0 Å². The maximum absolute atomic E-state index is 11.0. The van der Waals surface area contributed by atoms with E-state index in [4.69, 9.17) is 37.1 Å². The van der Waals surface area contributed by atoms with Crippen molar-refractivity contribution >= 4 is 99.9 Å². The third kappa shape index (κ3) is 16.5. The summed E-state index contributed by atoms with van der Waals surface area (Å²) in [5.41, 5.74) is 13.6. The number of hydrogen-bond donors (Lipinski definition) is 2. The van der Waals surface area contributed by atoms with Gasteiger partial charge in [-0.25, -0.2) is 26.0 Å². The Morgan fingerprint density at radius 1 is 0.561 bits per heavy atom. The van der Waals surface area contributed by atoms with Crippen molar-refractivity contribution in [1.82, 2.24) is 4.57 Å². The summed E-state index contributed by atoms with van der Waals surface area (Å²) >= 11 is 12.6. The maximum atomic E-state index is 11.0. The van der Waals surface area contributed by atoms with Gasteiger partial charge in [-0.2, -0.15) is 4.57 Å². The molecule has 0 aliphatic rings. The van der Waals surface area contributed by atoms with Crippen LogP contribution in [0, 0.1) is 27.7 Å². The van der Waals surface area contributed by atoms with Crippen LogP contribution in [-0.2, 0) is 49.3 Å². The summed E-state index contributed by atoms with van der Waals surface area (Å²) in [7, 11) is -6.08. The van der Waals surface area contributed by atoms with Crippen LogP contribution < -0.4 is 19.8 Å². The van der Waals surface area contributed by atoms with Crippen molar-refractivity contribution in [2.45, 2.75) is 64.0 Å². The van der Waals surface area contributed by atoms with Gasteiger partial charge in [0, 0.05) is 73.0 Å². The number of aromatic nitrogens is 3. The smallest absolute Gasteiger partial charge is 0.375 e. The van der Waals surface area contributed by atoms with Crippen molar-refractivity contribution in [3.8, 4) is 11.1 Å². The zero-order valence-electron chi connectivity index (χ0n) is 46.6. The first kappa shape index (κ1) is 62.0. The zero-order valence-corrected chi connectivity index (χ0v) is 49.7. The molecule has 14 nitrogen and oxygen atoms in total. The van der Waals surface area contributed by atoms with Crippen LogP contribution in [0.5, 0.6) is 0 Å². The van der Waals surface area contributed by atoms with E-state index in [1.54, 1.807) is 14.2 Å². The van der Waals surface area contributed by atoms with E-state index in [0.29, 0.717) is 36.3 Å². The topological polar surface area (TPSA) is 183 Å². The lowest BCUT2D eigenvalue weighted by atomic mass is 10.1. The Bertz CT molecular complexity index is 3910. The van der Waals surface area contributed by atoms with E-state index in [1.807, 2.05) is 42.8 Å². The van der Waals surface area contributed by atoms with Crippen LogP contribution in [0.3, 0.4) is 0 Å². The highest BCUT2D eigenvalue weighted by Crippen LogP contribution is 2.30. The second kappa shape index (κ2) is 28.9. The lowest BCUT2D eigenvalue weighted by Crippen LogP contribution is -2.38. The van der Waals surface area contributed by atoms with E-state index in [9.17, 15) is 25.9 Å². The van der Waals surface area contributed by atoms with Gasteiger partial charge in [-0.15, -0.1) is 0 Å². The van der Waals surface area contributed by atoms with E-state index in [-0.39, 0.29) is 10.8 Å². The number of fused-ring (bicyclic) bond motifs is 3. The maximum Gasteiger partial charge on any atom is 0.375 e. The van der Waals surface area contributed by atoms with Crippen LogP contribution in [0.1, 0.15) is 40.9 Å². The van der Waals surface area contributed by atoms with Crippen molar-refractivity contribution < 1.29 is 49.0 Å². The molecule has 0 bridgehead atoms. The highest BCUT2D eigenvalue weighted by Gasteiger charge is 2.25. The summed E-state index contributed by atoms with van der Waals surface area (Å²) in [6, 6.07) is 52.7. The minimum Gasteiger partial charge on any atom is -0.744 e. The molecule has 0 spiro atoms. The van der Waals surface area contributed by atoms with Crippen molar-refractivity contribution in [3.05, 3.63) is 226 Å². The van der Waals surface area contributed by atoms with Gasteiger partial charge in [-0.05, 0) is 88.2 Å². The first-order valence-electron chi connectivity index (χ1n) is 26.2. The number of oxazole rings is 1. The molecular weight excluding hydrogens is 1120 g/mol. The Morgan fingerprint density at radius 3 is 1.56 bits per heavy atom. The number of aryl methyl sites for hydroxylation is 5. The van der Waals surface area contributed by atoms with E-state index in [2.05, 4.69) is 174 Å². The summed E-state index contributed by atoms with van der Waals surface area (Å²) in [5.74, 6) is 1.84. The minimum absolute atomic E-state index is 0.0792. The second-order valence-electron chi connectivity index (χ2n) is 19.0. The van der Waals surface area contributed by atoms with E-state index in [0.717, 1.165) is 63.9 Å². The molecule has 2 N–H and O–H groups in total. The third-order valence-corrected chi connectivity index (χ3v) is 15.5. The largest absolute Gasteiger partial charge is 0.744 e. The Kier molecular flexibility index (Phi) is 21.8. The molecule has 2 heterocycles. The normalized spacial score (nSPS) is 11.5. The van der Waals surface area contributed by atoms with Gasteiger partial charge in [0.15, 0.2) is 11.0 Å². The van der Waals surface area contributed by atoms with Crippen molar-refractivity contribution in [1.29, 1.82) is 0 Å². The van der Waals surface area contributed by atoms with Gasteiger partial charge in [-0.3, -0.25) is 0 Å². The summed E-state index contributed by atoms with van der Waals surface area (Å²) in [4.78, 5) is -1.10. The number of halogens is 2. The van der Waals surface area contributed by atoms with Gasteiger partial charge in [0.2, 0.25) is 5.58 Å². The molecule has 8 aromatic carbocycles. The molecule has 10 rings (SSSR count). The average molecular weight is 1180 g/mol. The molecule has 0 atom stereocenters. The van der Waals surface area contributed by atoms with Gasteiger partial charge in [0.05, 0.1) is 39.1 Å². The Morgan fingerprint density at radius 2 is 1.06 bits per heavy atom. The number of rotatable bonds is 16. The second-order valence-corrected chi connectivity index (χ2v) is 22.5. The lowest BCUT2D eigenvalue weighted by molar-refractivity contribution is -0.675. The number of nitrogens with one attached hydrogen (secondary N) is 2. The van der Waals surface area contributed by atoms with Crippen molar-refractivity contribution in [3.63, 3.8) is 0 Å². The molecule has 0 aliphatic heterocycles. The molecule has 2 aromatic heterocycles. The molecule has 0 aliphatic carbocycles. The van der Waals surface area contributed by atoms with Crippen LogP contribution >= 0.6 is 23.2 Å². The monoisotopic (exact) mass is 1180 g/mol. The number of ether oxygens (including phenoxy) is 2. The van der Waals surface area contributed by atoms with Crippen LogP contribution in [0.4, 0.5) is 11.4 Å². The van der Waals surface area contributed by atoms with E-state index < -0.39 is 30.0 Å². The Labute approximate surface area is 490 Å². The van der Waals surface area contributed by atoms with E-state index in [1.165, 1.54) is 57.6 Å². The number of benzene rings is 8. The SMILES string of the molecule is CC[n+]1c(/C=C/Nc2ccc(C)cc2)oc2ccc(-c3ccccc3)cc21.COCCn1c(/C=C/Nc2ccc(C)cc2)[n+](CCOC)c2cc(Cl)c(Cl)cc21.Cc1ccc(C)cc1.O=S(=O)([O-])c1cccc2c(S(=O)(=O)[O-])cccc12. The van der Waals surface area contributed by atoms with E-state index >= 15 is 0 Å². The van der Waals surface area contributed by atoms with Crippen LogP contribution in [-0.4, -0.2) is 57.9 Å². The van der Waals surface area contributed by atoms with Gasteiger partial charge in [0.25, 0.3) is 11.3 Å². The summed E-state index contributed by atoms with van der Waals surface area (Å²) in [6.07, 6.45) is 7.89. The van der Waals surface area contributed by atoms with Crippen LogP contribution in [0.25, 0.3) is 56.2 Å². The molecule has 0 amide bonds. The molecular formula is C64H65Cl2N5O9S2. The van der Waals surface area contributed by atoms with Gasteiger partial charge in [-0.1, -0.05) is 155 Å². The minimum atomic E-state index is -4.74. The summed E-state index contributed by atoms with van der Waals surface area (Å²) < 4.78 is 89.4. The standard InChI is InChI=1S/C24H22N2O.C22H25Cl2N3O2.C10H8O6S2.C8H10/c1-3-26-22-17-20(19-7-5-4-6-8-19)11-14-23(22)27-24(26)15-16-25-21-12-9-18(2)10-13-21;1-16-4-6-17(7-5-16)25-9-8-22-26(10-12-28-2)20-14-18(23)19(24)15-21(20)27(22)11-13-29-3;11-17(12,13)9-5-1-3-7-8(9)4-2-6-10(7)18(14,15)16;1-7-3-5-8(2)6-4-7/h4-17H,3H2,1-2H3;4-9,14-15H,10-13H2,1-3H3;1-6H,(H,11,12,13)(H,14,15,16);3-6H,1-2H3. The van der Waals surface area contributed by atoms with Crippen molar-refractivity contribution in [2.75, 3.05) is 38.1 Å². The molecule has 0 radical (unpaired) electrons. The molecule has 0 fully saturated rings. The molecule has 0 unspecified atom stereocenters. The molecule has 0 saturated carbocycles. The quantitative estimate of drug-likeness (QED) is 0.0693. The summed E-state index contributed by atoms with van der Waals surface area (Å²) in [5, 5.41) is 7.53. The molecule has 0 saturated heterocycles. The fraction of sp³-hybridized carbons (Fsp3) is 0.188. The van der Waals surface area contributed by atoms with Gasteiger partial charge < -0.3 is 33.6 Å².